The van der Waals surface area contributed by atoms with Crippen LogP contribution in [-0.2, 0) is 0 Å². The average Bonchev–Trinajstić information content (AvgIpc) is 1.79. The molecule has 0 aliphatic rings. The number of hydrogen-bond acceptors (Lipinski definition) is 1. The van der Waals surface area contributed by atoms with Gasteiger partial charge in [-0.25, -0.2) is 0 Å². The summed E-state index contributed by atoms with van der Waals surface area (Å²) < 4.78 is 0.134. The fourth-order valence-corrected chi connectivity index (χ4v) is 2.47. The smallest absolute Gasteiger partial charge is 0.0278 e. The van der Waals surface area contributed by atoms with E-state index in [4.69, 9.17) is 6.42 Å². The monoisotopic (exact) mass is 212 g/mol. The Labute approximate surface area is 94.2 Å². The van der Waals surface area contributed by atoms with E-state index < -0.39 is 0 Å². The maximum absolute atomic E-state index is 5.39. The molecule has 0 atom stereocenters. The molecule has 0 aromatic rings. The van der Waals surface area contributed by atoms with Crippen LogP contribution < -0.4 is 0 Å². The van der Waals surface area contributed by atoms with Crippen molar-refractivity contribution < 1.29 is 0 Å². The minimum atomic E-state index is 0.134. The van der Waals surface area contributed by atoms with Crippen molar-refractivity contribution in [2.45, 2.75) is 59.6 Å². The highest BCUT2D eigenvalue weighted by molar-refractivity contribution is 8.05. The topological polar surface area (TPSA) is 0 Å². The zero-order chi connectivity index (χ0) is 11.6. The van der Waals surface area contributed by atoms with Gasteiger partial charge < -0.3 is 0 Å². The number of rotatable bonds is 3. The van der Waals surface area contributed by atoms with E-state index in [0.29, 0.717) is 5.41 Å². The quantitative estimate of drug-likeness (QED) is 0.618. The van der Waals surface area contributed by atoms with Gasteiger partial charge in [0.1, 0.15) is 0 Å². The normalized spacial score (nSPS) is 13.9. The SMILES string of the molecule is C#CSC(C)(C)C(C)(C)CC(C)(C)C. The van der Waals surface area contributed by atoms with Gasteiger partial charge >= 0.3 is 0 Å². The summed E-state index contributed by atoms with van der Waals surface area (Å²) in [5, 5.41) is 2.72. The Bertz CT molecular complexity index is 223. The molecule has 0 N–H and O–H groups in total. The van der Waals surface area contributed by atoms with Gasteiger partial charge in [0.25, 0.3) is 0 Å². The summed E-state index contributed by atoms with van der Waals surface area (Å²) in [5.74, 6) is 0. The molecule has 0 unspecified atom stereocenters. The molecular formula is C13H24S. The van der Waals surface area contributed by atoms with E-state index >= 15 is 0 Å². The minimum Gasteiger partial charge on any atom is -0.108 e. The van der Waals surface area contributed by atoms with Crippen LogP contribution in [0, 0.1) is 22.5 Å². The van der Waals surface area contributed by atoms with Crippen molar-refractivity contribution in [3.05, 3.63) is 0 Å². The van der Waals surface area contributed by atoms with Crippen LogP contribution in [0.5, 0.6) is 0 Å². The highest BCUT2D eigenvalue weighted by Crippen LogP contribution is 2.47. The fraction of sp³-hybridized carbons (Fsp3) is 0.846. The second-order valence-electron chi connectivity index (χ2n) is 6.35. The average molecular weight is 212 g/mol. The molecule has 14 heavy (non-hydrogen) atoms. The second kappa shape index (κ2) is 4.19. The predicted molar refractivity (Wildman–Crippen MR) is 68.4 cm³/mol. The molecule has 0 bridgehead atoms. The first-order valence-electron chi connectivity index (χ1n) is 5.15. The first-order chi connectivity index (χ1) is 6.02. The van der Waals surface area contributed by atoms with Crippen LogP contribution in [0.15, 0.2) is 0 Å². The minimum absolute atomic E-state index is 0.134. The molecule has 82 valence electrons. The highest BCUT2D eigenvalue weighted by atomic mass is 32.2. The second-order valence-corrected chi connectivity index (χ2v) is 7.81. The van der Waals surface area contributed by atoms with Crippen molar-refractivity contribution in [1.82, 2.24) is 0 Å². The third kappa shape index (κ3) is 3.96. The van der Waals surface area contributed by atoms with Crippen LogP contribution in [0.4, 0.5) is 0 Å². The molecule has 0 aromatic heterocycles. The van der Waals surface area contributed by atoms with Crippen molar-refractivity contribution in [2.75, 3.05) is 0 Å². The van der Waals surface area contributed by atoms with Gasteiger partial charge in [-0.3, -0.25) is 0 Å². The molecule has 0 aliphatic carbocycles. The van der Waals surface area contributed by atoms with Crippen LogP contribution in [0.1, 0.15) is 54.9 Å². The van der Waals surface area contributed by atoms with Gasteiger partial charge in [-0.05, 0) is 36.4 Å². The zero-order valence-electron chi connectivity index (χ0n) is 10.7. The van der Waals surface area contributed by atoms with Gasteiger partial charge in [-0.15, -0.1) is 6.42 Å². The molecular weight excluding hydrogens is 188 g/mol. The lowest BCUT2D eigenvalue weighted by molar-refractivity contribution is 0.172. The van der Waals surface area contributed by atoms with Gasteiger partial charge in [-0.1, -0.05) is 46.4 Å². The van der Waals surface area contributed by atoms with Crippen LogP contribution in [-0.4, -0.2) is 4.75 Å². The Balaban J connectivity index is 4.70. The molecule has 0 aromatic carbocycles. The number of thioether (sulfide) groups is 1. The highest BCUT2D eigenvalue weighted by Gasteiger charge is 2.39. The lowest BCUT2D eigenvalue weighted by Gasteiger charge is -2.43. The Hall–Kier alpha value is -0.0900. The van der Waals surface area contributed by atoms with Crippen LogP contribution >= 0.6 is 11.8 Å². The third-order valence-corrected chi connectivity index (χ3v) is 4.10. The predicted octanol–water partition coefficient (Wildman–Crippen LogP) is 4.55. The molecule has 0 saturated heterocycles. The van der Waals surface area contributed by atoms with E-state index in [1.165, 1.54) is 6.42 Å². The maximum atomic E-state index is 5.39. The van der Waals surface area contributed by atoms with Crippen molar-refractivity contribution in [1.29, 1.82) is 0 Å². The summed E-state index contributed by atoms with van der Waals surface area (Å²) in [7, 11) is 0. The lowest BCUT2D eigenvalue weighted by Crippen LogP contribution is -2.38. The Morgan fingerprint density at radius 3 is 1.71 bits per heavy atom. The number of terminal acetylenes is 1. The molecule has 0 aliphatic heterocycles. The standard InChI is InChI=1S/C13H24S/c1-9-14-13(7,8)12(5,6)10-11(2,3)4/h1H,10H2,2-8H3. The largest absolute Gasteiger partial charge is 0.108 e. The summed E-state index contributed by atoms with van der Waals surface area (Å²) in [6, 6.07) is 0. The summed E-state index contributed by atoms with van der Waals surface area (Å²) >= 11 is 1.61. The van der Waals surface area contributed by atoms with E-state index in [1.54, 1.807) is 11.8 Å². The maximum Gasteiger partial charge on any atom is 0.0278 e. The van der Waals surface area contributed by atoms with Crippen molar-refractivity contribution in [3.8, 4) is 11.7 Å². The Morgan fingerprint density at radius 1 is 1.00 bits per heavy atom. The lowest BCUT2D eigenvalue weighted by atomic mass is 9.69. The van der Waals surface area contributed by atoms with E-state index in [-0.39, 0.29) is 10.2 Å². The summed E-state index contributed by atoms with van der Waals surface area (Å²) in [6.45, 7) is 15.9. The molecule has 0 amide bonds. The zero-order valence-corrected chi connectivity index (χ0v) is 11.5. The molecule has 0 rings (SSSR count). The number of hydrogen-bond donors (Lipinski definition) is 0. The molecule has 1 heteroatoms. The van der Waals surface area contributed by atoms with Gasteiger partial charge in [0.15, 0.2) is 0 Å². The first kappa shape index (κ1) is 13.9. The summed E-state index contributed by atoms with van der Waals surface area (Å²) in [6.07, 6.45) is 6.57. The van der Waals surface area contributed by atoms with Crippen LogP contribution in [0.2, 0.25) is 0 Å². The van der Waals surface area contributed by atoms with Crippen molar-refractivity contribution in [3.63, 3.8) is 0 Å². The van der Waals surface area contributed by atoms with Crippen molar-refractivity contribution in [2.24, 2.45) is 10.8 Å². The van der Waals surface area contributed by atoms with E-state index in [2.05, 4.69) is 53.7 Å². The summed E-state index contributed by atoms with van der Waals surface area (Å²) in [5.41, 5.74) is 0.609. The molecule has 0 radical (unpaired) electrons. The van der Waals surface area contributed by atoms with Gasteiger partial charge in [0, 0.05) is 4.75 Å². The van der Waals surface area contributed by atoms with Gasteiger partial charge in [-0.2, -0.15) is 0 Å². The molecule has 0 fully saturated rings. The molecule has 0 saturated carbocycles. The molecule has 0 heterocycles. The first-order valence-corrected chi connectivity index (χ1v) is 5.97. The van der Waals surface area contributed by atoms with Crippen LogP contribution in [0.3, 0.4) is 0 Å². The van der Waals surface area contributed by atoms with E-state index in [0.717, 1.165) is 0 Å². The van der Waals surface area contributed by atoms with E-state index in [9.17, 15) is 0 Å². The third-order valence-electron chi connectivity index (χ3n) is 2.92. The Morgan fingerprint density at radius 2 is 1.43 bits per heavy atom. The summed E-state index contributed by atoms with van der Waals surface area (Å²) in [4.78, 5) is 0. The fourth-order valence-electron chi connectivity index (χ4n) is 1.82. The van der Waals surface area contributed by atoms with Gasteiger partial charge in [0.2, 0.25) is 0 Å². The van der Waals surface area contributed by atoms with Crippen molar-refractivity contribution >= 4 is 11.8 Å². The van der Waals surface area contributed by atoms with Crippen LogP contribution in [0.25, 0.3) is 0 Å². The molecule has 0 spiro atoms. The Kier molecular flexibility index (Phi) is 4.16. The molecule has 0 nitrogen and oxygen atoms in total. The van der Waals surface area contributed by atoms with E-state index in [1.807, 2.05) is 0 Å². The van der Waals surface area contributed by atoms with Gasteiger partial charge in [0.05, 0.1) is 0 Å².